The van der Waals surface area contributed by atoms with E-state index in [0.717, 1.165) is 44.0 Å². The summed E-state index contributed by atoms with van der Waals surface area (Å²) in [5, 5.41) is 3.39. The number of para-hydroxylation sites is 2. The number of unbranched alkanes of at least 4 members (excludes halogenated alkanes) is 1. The standard InChI is InChI=1S/C14H24N2O/c1-12(2)11-17-14-8-4-3-7-13(14)16-10-6-5-9-15/h3-4,7-8,12,16H,5-6,9-11,15H2,1-2H3. The molecule has 0 saturated carbocycles. The van der Waals surface area contributed by atoms with E-state index in [-0.39, 0.29) is 0 Å². The number of hydrogen-bond donors (Lipinski definition) is 2. The molecule has 0 unspecified atom stereocenters. The molecule has 3 heteroatoms. The van der Waals surface area contributed by atoms with Crippen LogP contribution in [0.25, 0.3) is 0 Å². The van der Waals surface area contributed by atoms with Crippen LogP contribution in [0, 0.1) is 5.92 Å². The van der Waals surface area contributed by atoms with Crippen LogP contribution in [0.2, 0.25) is 0 Å². The second-order valence-corrected chi connectivity index (χ2v) is 4.62. The summed E-state index contributed by atoms with van der Waals surface area (Å²) in [5.41, 5.74) is 6.54. The zero-order valence-electron chi connectivity index (χ0n) is 10.9. The van der Waals surface area contributed by atoms with Gasteiger partial charge in [0, 0.05) is 6.54 Å². The van der Waals surface area contributed by atoms with Crippen LogP contribution < -0.4 is 15.8 Å². The van der Waals surface area contributed by atoms with Crippen molar-refractivity contribution in [2.24, 2.45) is 11.7 Å². The van der Waals surface area contributed by atoms with Crippen molar-refractivity contribution < 1.29 is 4.74 Å². The van der Waals surface area contributed by atoms with Crippen LogP contribution in [0.5, 0.6) is 5.75 Å². The van der Waals surface area contributed by atoms with Gasteiger partial charge in [-0.15, -0.1) is 0 Å². The predicted octanol–water partition coefficient (Wildman–Crippen LogP) is 2.87. The first-order chi connectivity index (χ1) is 8.24. The molecule has 3 nitrogen and oxygen atoms in total. The second kappa shape index (κ2) is 7.96. The maximum absolute atomic E-state index is 5.77. The average Bonchev–Trinajstić information content (AvgIpc) is 2.33. The van der Waals surface area contributed by atoms with E-state index < -0.39 is 0 Å². The summed E-state index contributed by atoms with van der Waals surface area (Å²) in [7, 11) is 0. The van der Waals surface area contributed by atoms with Gasteiger partial charge >= 0.3 is 0 Å². The van der Waals surface area contributed by atoms with Crippen LogP contribution in [-0.2, 0) is 0 Å². The van der Waals surface area contributed by atoms with E-state index in [1.54, 1.807) is 0 Å². The summed E-state index contributed by atoms with van der Waals surface area (Å²) < 4.78 is 5.77. The summed E-state index contributed by atoms with van der Waals surface area (Å²) in [5.74, 6) is 1.48. The Kier molecular flexibility index (Phi) is 6.48. The largest absolute Gasteiger partial charge is 0.491 e. The smallest absolute Gasteiger partial charge is 0.142 e. The summed E-state index contributed by atoms with van der Waals surface area (Å²) in [6, 6.07) is 8.08. The molecular formula is C14H24N2O. The lowest BCUT2D eigenvalue weighted by atomic mass is 10.2. The number of hydrogen-bond acceptors (Lipinski definition) is 3. The molecule has 0 aromatic heterocycles. The lowest BCUT2D eigenvalue weighted by Crippen LogP contribution is -2.09. The molecule has 1 rings (SSSR count). The number of rotatable bonds is 8. The molecule has 0 bridgehead atoms. The van der Waals surface area contributed by atoms with Crippen LogP contribution >= 0.6 is 0 Å². The van der Waals surface area contributed by atoms with Gasteiger partial charge in [-0.05, 0) is 37.4 Å². The van der Waals surface area contributed by atoms with E-state index in [1.807, 2.05) is 18.2 Å². The van der Waals surface area contributed by atoms with Gasteiger partial charge in [-0.25, -0.2) is 0 Å². The Balaban J connectivity index is 2.46. The Morgan fingerprint density at radius 3 is 2.71 bits per heavy atom. The Morgan fingerprint density at radius 2 is 2.00 bits per heavy atom. The van der Waals surface area contributed by atoms with Crippen molar-refractivity contribution in [1.29, 1.82) is 0 Å². The lowest BCUT2D eigenvalue weighted by molar-refractivity contribution is 0.272. The fraction of sp³-hybridized carbons (Fsp3) is 0.571. The molecule has 1 aromatic carbocycles. The van der Waals surface area contributed by atoms with Gasteiger partial charge < -0.3 is 15.8 Å². The molecule has 0 aliphatic carbocycles. The highest BCUT2D eigenvalue weighted by Gasteiger charge is 2.03. The van der Waals surface area contributed by atoms with E-state index in [0.29, 0.717) is 5.92 Å². The quantitative estimate of drug-likeness (QED) is 0.682. The van der Waals surface area contributed by atoms with Gasteiger partial charge in [0.2, 0.25) is 0 Å². The van der Waals surface area contributed by atoms with Crippen molar-refractivity contribution in [2.75, 3.05) is 25.0 Å². The zero-order chi connectivity index (χ0) is 12.5. The number of nitrogens with two attached hydrogens (primary N) is 1. The summed E-state index contributed by atoms with van der Waals surface area (Å²) in [4.78, 5) is 0. The van der Waals surface area contributed by atoms with Crippen molar-refractivity contribution in [3.63, 3.8) is 0 Å². The van der Waals surface area contributed by atoms with E-state index >= 15 is 0 Å². The monoisotopic (exact) mass is 236 g/mol. The fourth-order valence-electron chi connectivity index (χ4n) is 1.49. The van der Waals surface area contributed by atoms with E-state index in [2.05, 4.69) is 25.2 Å². The minimum atomic E-state index is 0.542. The summed E-state index contributed by atoms with van der Waals surface area (Å²) in [6.07, 6.45) is 2.15. The van der Waals surface area contributed by atoms with E-state index in [9.17, 15) is 0 Å². The number of anilines is 1. The van der Waals surface area contributed by atoms with Crippen LogP contribution in [0.1, 0.15) is 26.7 Å². The minimum absolute atomic E-state index is 0.542. The van der Waals surface area contributed by atoms with E-state index in [4.69, 9.17) is 10.5 Å². The van der Waals surface area contributed by atoms with Crippen LogP contribution in [0.4, 0.5) is 5.69 Å². The Morgan fingerprint density at radius 1 is 1.24 bits per heavy atom. The molecule has 0 heterocycles. The van der Waals surface area contributed by atoms with Crippen molar-refractivity contribution in [3.8, 4) is 5.75 Å². The lowest BCUT2D eigenvalue weighted by Gasteiger charge is -2.14. The molecule has 1 aromatic rings. The predicted molar refractivity (Wildman–Crippen MR) is 73.6 cm³/mol. The molecule has 17 heavy (non-hydrogen) atoms. The second-order valence-electron chi connectivity index (χ2n) is 4.62. The highest BCUT2D eigenvalue weighted by molar-refractivity contribution is 5.56. The van der Waals surface area contributed by atoms with Crippen molar-refractivity contribution in [2.45, 2.75) is 26.7 Å². The number of benzene rings is 1. The Bertz CT molecular complexity index is 313. The molecular weight excluding hydrogens is 212 g/mol. The molecule has 0 atom stereocenters. The van der Waals surface area contributed by atoms with Gasteiger partial charge in [0.15, 0.2) is 0 Å². The average molecular weight is 236 g/mol. The molecule has 0 saturated heterocycles. The van der Waals surface area contributed by atoms with Crippen LogP contribution in [0.15, 0.2) is 24.3 Å². The van der Waals surface area contributed by atoms with Crippen molar-refractivity contribution in [1.82, 2.24) is 0 Å². The molecule has 0 amide bonds. The number of nitrogens with one attached hydrogen (secondary N) is 1. The van der Waals surface area contributed by atoms with Gasteiger partial charge in [0.05, 0.1) is 12.3 Å². The maximum Gasteiger partial charge on any atom is 0.142 e. The molecule has 3 N–H and O–H groups in total. The molecule has 0 aliphatic heterocycles. The normalized spacial score (nSPS) is 10.6. The van der Waals surface area contributed by atoms with Crippen LogP contribution in [-0.4, -0.2) is 19.7 Å². The van der Waals surface area contributed by atoms with Gasteiger partial charge in [-0.2, -0.15) is 0 Å². The molecule has 0 radical (unpaired) electrons. The summed E-state index contributed by atoms with van der Waals surface area (Å²) in [6.45, 7) is 6.75. The SMILES string of the molecule is CC(C)COc1ccccc1NCCCCN. The topological polar surface area (TPSA) is 47.3 Å². The third-order valence-electron chi connectivity index (χ3n) is 2.41. The molecule has 96 valence electrons. The third kappa shape index (κ3) is 5.59. The maximum atomic E-state index is 5.77. The first kappa shape index (κ1) is 13.8. The molecule has 0 spiro atoms. The zero-order valence-corrected chi connectivity index (χ0v) is 10.9. The highest BCUT2D eigenvalue weighted by Crippen LogP contribution is 2.24. The summed E-state index contributed by atoms with van der Waals surface area (Å²) >= 11 is 0. The molecule has 0 aliphatic rings. The molecule has 0 fully saturated rings. The van der Waals surface area contributed by atoms with Gasteiger partial charge in [0.25, 0.3) is 0 Å². The van der Waals surface area contributed by atoms with Crippen molar-refractivity contribution >= 4 is 5.69 Å². The van der Waals surface area contributed by atoms with Gasteiger partial charge in [-0.3, -0.25) is 0 Å². The minimum Gasteiger partial charge on any atom is -0.491 e. The fourth-order valence-corrected chi connectivity index (χ4v) is 1.49. The highest BCUT2D eigenvalue weighted by atomic mass is 16.5. The van der Waals surface area contributed by atoms with E-state index in [1.165, 1.54) is 0 Å². The Hall–Kier alpha value is -1.22. The third-order valence-corrected chi connectivity index (χ3v) is 2.41. The number of ether oxygens (including phenoxy) is 1. The van der Waals surface area contributed by atoms with Gasteiger partial charge in [0.1, 0.15) is 5.75 Å². The first-order valence-electron chi connectivity index (χ1n) is 6.39. The van der Waals surface area contributed by atoms with Gasteiger partial charge in [-0.1, -0.05) is 26.0 Å². The van der Waals surface area contributed by atoms with Crippen LogP contribution in [0.3, 0.4) is 0 Å². The Labute approximate surface area is 104 Å². The van der Waals surface area contributed by atoms with Crippen molar-refractivity contribution in [3.05, 3.63) is 24.3 Å². The first-order valence-corrected chi connectivity index (χ1v) is 6.39.